The topological polar surface area (TPSA) is 47.3 Å². The second-order valence-corrected chi connectivity index (χ2v) is 4.65. The number of nitrogens with one attached hydrogen (secondary N) is 1. The predicted octanol–water partition coefficient (Wildman–Crippen LogP) is 2.38. The van der Waals surface area contributed by atoms with Crippen molar-refractivity contribution in [2.75, 3.05) is 13.2 Å². The third-order valence-corrected chi connectivity index (χ3v) is 3.47. The number of hydrazine groups is 1. The van der Waals surface area contributed by atoms with Crippen molar-refractivity contribution >= 4 is 0 Å². The van der Waals surface area contributed by atoms with Crippen molar-refractivity contribution in [3.8, 4) is 0 Å². The van der Waals surface area contributed by atoms with Crippen LogP contribution in [0.25, 0.3) is 0 Å². The van der Waals surface area contributed by atoms with Gasteiger partial charge >= 0.3 is 0 Å². The average molecular weight is 226 g/mol. The van der Waals surface area contributed by atoms with E-state index in [1.54, 1.807) is 0 Å². The zero-order valence-electron chi connectivity index (χ0n) is 10.3. The highest BCUT2D eigenvalue weighted by Gasteiger charge is 2.22. The van der Waals surface area contributed by atoms with Gasteiger partial charge < -0.3 is 4.74 Å². The van der Waals surface area contributed by atoms with E-state index in [1.165, 1.54) is 25.7 Å². The summed E-state index contributed by atoms with van der Waals surface area (Å²) in [6.45, 7) is 5.54. The molecule has 3 nitrogen and oxygen atoms in total. The molecule has 1 atom stereocenters. The van der Waals surface area contributed by atoms with Crippen molar-refractivity contribution in [3.63, 3.8) is 0 Å². The number of unbranched alkanes of at least 4 members (excludes halogenated alkanes) is 3. The van der Waals surface area contributed by atoms with Crippen LogP contribution in [0.5, 0.6) is 0 Å². The van der Waals surface area contributed by atoms with E-state index in [0.717, 1.165) is 32.5 Å². The summed E-state index contributed by atoms with van der Waals surface area (Å²) in [7, 11) is 0. The molecule has 1 aliphatic rings. The van der Waals surface area contributed by atoms with Crippen LogP contribution >= 0.6 is 0 Å². The van der Waals surface area contributed by atoms with E-state index in [9.17, 15) is 0 Å². The molecule has 1 saturated heterocycles. The summed E-state index contributed by atoms with van der Waals surface area (Å²) < 4.78 is 5.37. The Bertz CT molecular complexity index is 179. The first-order valence-electron chi connectivity index (χ1n) is 6.53. The maximum absolute atomic E-state index is 5.64. The molecule has 0 aromatic rings. The Labute approximate surface area is 99.4 Å². The van der Waals surface area contributed by atoms with Crippen molar-refractivity contribution in [2.24, 2.45) is 11.8 Å². The van der Waals surface area contributed by atoms with E-state index >= 15 is 0 Å². The summed E-state index contributed by atoms with van der Waals surface area (Å²) in [5.74, 6) is 6.34. The first-order chi connectivity index (χ1) is 7.88. The number of nitrogens with two attached hydrogens (primary N) is 1. The Morgan fingerprint density at radius 2 is 2.06 bits per heavy atom. The zero-order chi connectivity index (χ0) is 11.6. The molecule has 0 aromatic carbocycles. The maximum Gasteiger partial charge on any atom is 0.0469 e. The van der Waals surface area contributed by atoms with E-state index in [1.807, 2.05) is 6.08 Å². The molecule has 94 valence electrons. The fraction of sp³-hybridized carbons (Fsp3) is 0.846. The van der Waals surface area contributed by atoms with Gasteiger partial charge in [0.1, 0.15) is 0 Å². The van der Waals surface area contributed by atoms with Gasteiger partial charge in [-0.25, -0.2) is 0 Å². The van der Waals surface area contributed by atoms with Crippen LogP contribution in [0, 0.1) is 5.92 Å². The molecule has 0 bridgehead atoms. The highest BCUT2D eigenvalue weighted by Crippen LogP contribution is 2.22. The SMILES string of the molecule is C=CCCCCCC(NN)C1CCOCC1. The van der Waals surface area contributed by atoms with Gasteiger partial charge in [0.05, 0.1) is 0 Å². The van der Waals surface area contributed by atoms with Gasteiger partial charge in [0.2, 0.25) is 0 Å². The fourth-order valence-corrected chi connectivity index (χ4v) is 2.40. The second-order valence-electron chi connectivity index (χ2n) is 4.65. The van der Waals surface area contributed by atoms with Crippen LogP contribution in [0.3, 0.4) is 0 Å². The summed E-state index contributed by atoms with van der Waals surface area (Å²) in [6.07, 6.45) is 10.4. The fourth-order valence-electron chi connectivity index (χ4n) is 2.40. The van der Waals surface area contributed by atoms with Gasteiger partial charge in [-0.2, -0.15) is 0 Å². The number of rotatable bonds is 8. The number of hydrogen-bond acceptors (Lipinski definition) is 3. The largest absolute Gasteiger partial charge is 0.381 e. The molecule has 1 aliphatic heterocycles. The summed E-state index contributed by atoms with van der Waals surface area (Å²) >= 11 is 0. The van der Waals surface area contributed by atoms with Gasteiger partial charge in [0, 0.05) is 19.3 Å². The summed E-state index contributed by atoms with van der Waals surface area (Å²) in [5, 5.41) is 0. The maximum atomic E-state index is 5.64. The van der Waals surface area contributed by atoms with Crippen LogP contribution in [-0.4, -0.2) is 19.3 Å². The van der Waals surface area contributed by atoms with Gasteiger partial charge in [0.25, 0.3) is 0 Å². The predicted molar refractivity (Wildman–Crippen MR) is 67.9 cm³/mol. The van der Waals surface area contributed by atoms with Gasteiger partial charge in [-0.3, -0.25) is 11.3 Å². The molecule has 0 spiro atoms. The lowest BCUT2D eigenvalue weighted by atomic mass is 9.89. The van der Waals surface area contributed by atoms with E-state index in [0.29, 0.717) is 12.0 Å². The van der Waals surface area contributed by atoms with E-state index in [4.69, 9.17) is 10.6 Å². The van der Waals surface area contributed by atoms with Crippen molar-refractivity contribution in [1.29, 1.82) is 0 Å². The third-order valence-electron chi connectivity index (χ3n) is 3.47. The van der Waals surface area contributed by atoms with E-state index < -0.39 is 0 Å². The van der Waals surface area contributed by atoms with Gasteiger partial charge in [-0.05, 0) is 38.0 Å². The average Bonchev–Trinajstić information content (AvgIpc) is 2.35. The number of hydrogen-bond donors (Lipinski definition) is 2. The number of ether oxygens (including phenoxy) is 1. The molecule has 1 heterocycles. The van der Waals surface area contributed by atoms with Crippen molar-refractivity contribution in [2.45, 2.75) is 51.0 Å². The minimum Gasteiger partial charge on any atom is -0.381 e. The quantitative estimate of drug-likeness (QED) is 0.289. The smallest absolute Gasteiger partial charge is 0.0469 e. The van der Waals surface area contributed by atoms with E-state index in [2.05, 4.69) is 12.0 Å². The lowest BCUT2D eigenvalue weighted by molar-refractivity contribution is 0.0522. The van der Waals surface area contributed by atoms with Crippen LogP contribution in [0.4, 0.5) is 0 Å². The van der Waals surface area contributed by atoms with Crippen LogP contribution in [-0.2, 0) is 4.74 Å². The monoisotopic (exact) mass is 226 g/mol. The lowest BCUT2D eigenvalue weighted by Gasteiger charge is -2.29. The first kappa shape index (κ1) is 13.7. The molecule has 0 saturated carbocycles. The standard InChI is InChI=1S/C13H26N2O/c1-2-3-4-5-6-7-13(15-14)12-8-10-16-11-9-12/h2,12-13,15H,1,3-11,14H2. The third kappa shape index (κ3) is 5.10. The minimum atomic E-state index is 0.479. The lowest BCUT2D eigenvalue weighted by Crippen LogP contribution is -2.42. The molecule has 16 heavy (non-hydrogen) atoms. The molecule has 1 unspecified atom stereocenters. The van der Waals surface area contributed by atoms with Crippen molar-refractivity contribution < 1.29 is 4.74 Å². The summed E-state index contributed by atoms with van der Waals surface area (Å²) in [5.41, 5.74) is 2.99. The van der Waals surface area contributed by atoms with Crippen molar-refractivity contribution in [3.05, 3.63) is 12.7 Å². The normalized spacial score (nSPS) is 19.6. The molecule has 1 rings (SSSR count). The molecule has 3 heteroatoms. The Morgan fingerprint density at radius 3 is 2.69 bits per heavy atom. The highest BCUT2D eigenvalue weighted by atomic mass is 16.5. The molecule has 0 radical (unpaired) electrons. The molecular formula is C13H26N2O. The minimum absolute atomic E-state index is 0.479. The summed E-state index contributed by atoms with van der Waals surface area (Å²) in [4.78, 5) is 0. The molecular weight excluding hydrogens is 200 g/mol. The summed E-state index contributed by atoms with van der Waals surface area (Å²) in [6, 6.07) is 0.479. The van der Waals surface area contributed by atoms with Gasteiger partial charge in [-0.15, -0.1) is 6.58 Å². The Balaban J connectivity index is 2.12. The van der Waals surface area contributed by atoms with Gasteiger partial charge in [-0.1, -0.05) is 18.9 Å². The molecule has 3 N–H and O–H groups in total. The van der Waals surface area contributed by atoms with Gasteiger partial charge in [0.15, 0.2) is 0 Å². The molecule has 1 fully saturated rings. The Hall–Kier alpha value is -0.380. The highest BCUT2D eigenvalue weighted by molar-refractivity contribution is 4.77. The molecule has 0 aliphatic carbocycles. The van der Waals surface area contributed by atoms with Crippen LogP contribution < -0.4 is 11.3 Å². The first-order valence-corrected chi connectivity index (χ1v) is 6.53. The Morgan fingerprint density at radius 1 is 1.31 bits per heavy atom. The molecule has 0 aromatic heterocycles. The molecule has 0 amide bonds. The zero-order valence-corrected chi connectivity index (χ0v) is 10.3. The Kier molecular flexibility index (Phi) is 7.47. The van der Waals surface area contributed by atoms with Crippen LogP contribution in [0.15, 0.2) is 12.7 Å². The number of allylic oxidation sites excluding steroid dienone is 1. The van der Waals surface area contributed by atoms with Crippen LogP contribution in [0.2, 0.25) is 0 Å². The van der Waals surface area contributed by atoms with E-state index in [-0.39, 0.29) is 0 Å². The van der Waals surface area contributed by atoms with Crippen LogP contribution in [0.1, 0.15) is 44.9 Å². The second kappa shape index (κ2) is 8.74. The van der Waals surface area contributed by atoms with Crippen molar-refractivity contribution in [1.82, 2.24) is 5.43 Å².